The molecule has 10 heteroatoms. The summed E-state index contributed by atoms with van der Waals surface area (Å²) in [4.78, 5) is 24.6. The van der Waals surface area contributed by atoms with Gasteiger partial charge >= 0.3 is 5.97 Å². The van der Waals surface area contributed by atoms with Gasteiger partial charge in [-0.3, -0.25) is 4.79 Å². The summed E-state index contributed by atoms with van der Waals surface area (Å²) in [6.07, 6.45) is 1.41. The quantitative estimate of drug-likeness (QED) is 0.194. The maximum absolute atomic E-state index is 12.7. The molecule has 0 fully saturated rings. The van der Waals surface area contributed by atoms with Crippen molar-refractivity contribution in [2.75, 3.05) is 27.9 Å². The number of amides is 1. The smallest absolute Gasteiger partial charge is 0.343 e. The molecule has 3 rings (SSSR count). The lowest BCUT2D eigenvalue weighted by Gasteiger charge is -2.13. The Morgan fingerprint density at radius 2 is 1.60 bits per heavy atom. The molecule has 0 heterocycles. The van der Waals surface area contributed by atoms with Crippen LogP contribution in [-0.2, 0) is 4.79 Å². The Kier molecular flexibility index (Phi) is 8.91. The standard InChI is InChI=1S/C25H23ClN2O7/c1-31-21-12-17(13-22(32-2)24(21)33-3)25(30)35-20-6-4-5-16(11-20)14-27-28-23(29)15-34-19-9-7-18(26)8-10-19/h4-14H,15H2,1-3H3,(H,28,29). The van der Waals surface area contributed by atoms with Crippen LogP contribution >= 0.6 is 11.6 Å². The lowest BCUT2D eigenvalue weighted by atomic mass is 10.1. The average molecular weight is 499 g/mol. The first-order valence-electron chi connectivity index (χ1n) is 10.3. The SMILES string of the molecule is COc1cc(C(=O)Oc2cccc(C=NNC(=O)COc3ccc(Cl)cc3)c2)cc(OC)c1OC. The van der Waals surface area contributed by atoms with Crippen molar-refractivity contribution in [1.29, 1.82) is 0 Å². The number of esters is 1. The van der Waals surface area contributed by atoms with Gasteiger partial charge in [0, 0.05) is 5.02 Å². The van der Waals surface area contributed by atoms with E-state index in [4.69, 9.17) is 35.3 Å². The van der Waals surface area contributed by atoms with Gasteiger partial charge in [-0.25, -0.2) is 10.2 Å². The number of hydrogen-bond acceptors (Lipinski definition) is 8. The third-order valence-corrected chi connectivity index (χ3v) is 4.81. The van der Waals surface area contributed by atoms with Crippen molar-refractivity contribution < 1.29 is 33.3 Å². The molecule has 3 aromatic rings. The van der Waals surface area contributed by atoms with Gasteiger partial charge in [0.15, 0.2) is 18.1 Å². The number of hydrogen-bond donors (Lipinski definition) is 1. The third kappa shape index (κ3) is 7.12. The van der Waals surface area contributed by atoms with Crippen LogP contribution in [0, 0.1) is 0 Å². The van der Waals surface area contributed by atoms with Crippen LogP contribution in [0.5, 0.6) is 28.7 Å². The Morgan fingerprint density at radius 3 is 2.23 bits per heavy atom. The Labute approximate surface area is 207 Å². The van der Waals surface area contributed by atoms with E-state index in [9.17, 15) is 9.59 Å². The molecule has 0 aliphatic carbocycles. The number of methoxy groups -OCH3 is 3. The zero-order valence-electron chi connectivity index (χ0n) is 19.2. The number of ether oxygens (including phenoxy) is 5. The molecule has 0 radical (unpaired) electrons. The Bertz CT molecular complexity index is 1190. The van der Waals surface area contributed by atoms with E-state index in [1.807, 2.05) is 0 Å². The van der Waals surface area contributed by atoms with E-state index in [1.165, 1.54) is 39.7 Å². The highest BCUT2D eigenvalue weighted by Crippen LogP contribution is 2.38. The number of hydrazone groups is 1. The molecule has 1 amide bonds. The summed E-state index contributed by atoms with van der Waals surface area (Å²) in [6, 6.07) is 16.3. The Balaban J connectivity index is 1.59. The molecule has 9 nitrogen and oxygen atoms in total. The zero-order valence-corrected chi connectivity index (χ0v) is 20.0. The molecule has 35 heavy (non-hydrogen) atoms. The summed E-state index contributed by atoms with van der Waals surface area (Å²) in [5.74, 6) is 0.753. The van der Waals surface area contributed by atoms with Gasteiger partial charge in [0.05, 0.1) is 33.1 Å². The van der Waals surface area contributed by atoms with Crippen LogP contribution in [0.3, 0.4) is 0 Å². The number of rotatable bonds is 10. The molecule has 0 bridgehead atoms. The molecule has 1 N–H and O–H groups in total. The summed E-state index contributed by atoms with van der Waals surface area (Å²) in [5.41, 5.74) is 3.18. The number of benzene rings is 3. The van der Waals surface area contributed by atoms with Crippen LogP contribution in [0.25, 0.3) is 0 Å². The summed E-state index contributed by atoms with van der Waals surface area (Å²) in [5, 5.41) is 4.47. The minimum absolute atomic E-state index is 0.214. The van der Waals surface area contributed by atoms with E-state index in [-0.39, 0.29) is 17.9 Å². The van der Waals surface area contributed by atoms with Gasteiger partial charge in [0.1, 0.15) is 11.5 Å². The molecule has 182 valence electrons. The van der Waals surface area contributed by atoms with Crippen molar-refractivity contribution in [2.24, 2.45) is 5.10 Å². The van der Waals surface area contributed by atoms with E-state index in [2.05, 4.69) is 10.5 Å². The number of nitrogens with one attached hydrogen (secondary N) is 1. The number of carbonyl (C=O) groups excluding carboxylic acids is 2. The van der Waals surface area contributed by atoms with Gasteiger partial charge in [-0.05, 0) is 54.1 Å². The van der Waals surface area contributed by atoms with Crippen molar-refractivity contribution in [3.05, 3.63) is 76.8 Å². The minimum atomic E-state index is -0.619. The van der Waals surface area contributed by atoms with E-state index in [0.29, 0.717) is 33.6 Å². The summed E-state index contributed by atoms with van der Waals surface area (Å²) < 4.78 is 26.6. The lowest BCUT2D eigenvalue weighted by molar-refractivity contribution is -0.123. The number of halogens is 1. The lowest BCUT2D eigenvalue weighted by Crippen LogP contribution is -2.24. The van der Waals surface area contributed by atoms with Crippen molar-refractivity contribution in [2.45, 2.75) is 0 Å². The molecule has 0 aliphatic rings. The zero-order chi connectivity index (χ0) is 25.2. The van der Waals surface area contributed by atoms with E-state index >= 15 is 0 Å². The molecule has 0 unspecified atom stereocenters. The fraction of sp³-hybridized carbons (Fsp3) is 0.160. The Morgan fingerprint density at radius 1 is 0.914 bits per heavy atom. The predicted octanol–water partition coefficient (Wildman–Crippen LogP) is 4.11. The van der Waals surface area contributed by atoms with Gasteiger partial charge in [-0.1, -0.05) is 23.7 Å². The molecule has 0 atom stereocenters. The minimum Gasteiger partial charge on any atom is -0.493 e. The first kappa shape index (κ1) is 25.4. The molecule has 0 aromatic heterocycles. The van der Waals surface area contributed by atoms with Crippen LogP contribution in [0.1, 0.15) is 15.9 Å². The summed E-state index contributed by atoms with van der Waals surface area (Å²) in [7, 11) is 4.39. The molecular weight excluding hydrogens is 476 g/mol. The highest BCUT2D eigenvalue weighted by atomic mass is 35.5. The largest absolute Gasteiger partial charge is 0.493 e. The predicted molar refractivity (Wildman–Crippen MR) is 130 cm³/mol. The van der Waals surface area contributed by atoms with E-state index < -0.39 is 11.9 Å². The first-order valence-corrected chi connectivity index (χ1v) is 10.6. The monoisotopic (exact) mass is 498 g/mol. The Hall–Kier alpha value is -4.24. The van der Waals surface area contributed by atoms with E-state index in [0.717, 1.165) is 0 Å². The average Bonchev–Trinajstić information content (AvgIpc) is 2.87. The van der Waals surface area contributed by atoms with Gasteiger partial charge in [0.2, 0.25) is 5.75 Å². The van der Waals surface area contributed by atoms with Crippen LogP contribution in [0.4, 0.5) is 0 Å². The maximum Gasteiger partial charge on any atom is 0.343 e. The van der Waals surface area contributed by atoms with Crippen LogP contribution in [0.15, 0.2) is 65.8 Å². The van der Waals surface area contributed by atoms with Crippen molar-refractivity contribution in [3.63, 3.8) is 0 Å². The summed E-state index contributed by atoms with van der Waals surface area (Å²) in [6.45, 7) is -0.217. The molecule has 3 aromatic carbocycles. The van der Waals surface area contributed by atoms with E-state index in [1.54, 1.807) is 48.5 Å². The normalized spacial score (nSPS) is 10.5. The van der Waals surface area contributed by atoms with Gasteiger partial charge < -0.3 is 23.7 Å². The van der Waals surface area contributed by atoms with Gasteiger partial charge in [-0.15, -0.1) is 0 Å². The second-order valence-electron chi connectivity index (χ2n) is 6.91. The molecule has 0 spiro atoms. The first-order chi connectivity index (χ1) is 16.9. The number of carbonyl (C=O) groups is 2. The highest BCUT2D eigenvalue weighted by Gasteiger charge is 2.18. The number of nitrogens with zero attached hydrogens (tertiary/aromatic N) is 1. The van der Waals surface area contributed by atoms with Crippen molar-refractivity contribution >= 4 is 29.7 Å². The molecule has 0 aliphatic heterocycles. The second-order valence-corrected chi connectivity index (χ2v) is 7.35. The molecular formula is C25H23ClN2O7. The second kappa shape index (κ2) is 12.3. The molecule has 0 saturated heterocycles. The fourth-order valence-electron chi connectivity index (χ4n) is 2.91. The fourth-order valence-corrected chi connectivity index (χ4v) is 3.04. The third-order valence-electron chi connectivity index (χ3n) is 4.56. The van der Waals surface area contributed by atoms with Crippen LogP contribution in [-0.4, -0.2) is 46.0 Å². The molecule has 0 saturated carbocycles. The van der Waals surface area contributed by atoms with Gasteiger partial charge in [0.25, 0.3) is 5.91 Å². The van der Waals surface area contributed by atoms with Gasteiger partial charge in [-0.2, -0.15) is 5.10 Å². The van der Waals surface area contributed by atoms with Crippen molar-refractivity contribution in [3.8, 4) is 28.7 Å². The van der Waals surface area contributed by atoms with Crippen LogP contribution < -0.4 is 29.1 Å². The maximum atomic E-state index is 12.7. The van der Waals surface area contributed by atoms with Crippen molar-refractivity contribution in [1.82, 2.24) is 5.43 Å². The topological polar surface area (TPSA) is 105 Å². The summed E-state index contributed by atoms with van der Waals surface area (Å²) >= 11 is 5.81. The van der Waals surface area contributed by atoms with Crippen LogP contribution in [0.2, 0.25) is 5.02 Å². The highest BCUT2D eigenvalue weighted by molar-refractivity contribution is 6.30.